The number of hydrogen-bond acceptors (Lipinski definition) is 7. The van der Waals surface area contributed by atoms with Gasteiger partial charge in [0.15, 0.2) is 5.78 Å². The van der Waals surface area contributed by atoms with Gasteiger partial charge in [-0.2, -0.15) is 0 Å². The van der Waals surface area contributed by atoms with Crippen molar-refractivity contribution in [3.8, 4) is 0 Å². The number of fused-ring (bicyclic) bond motifs is 1. The molecule has 2 N–H and O–H groups in total. The molecule has 1 amide bonds. The SMILES string of the molecule is C.CC(=O)N1CCC(Nc2cc(C(=O)CC[C@H](O)CN3CCc4ccccc4C3)ncn2)CC1. The molecule has 0 saturated carbocycles. The van der Waals surface area contributed by atoms with Gasteiger partial charge in [-0.25, -0.2) is 9.97 Å². The fourth-order valence-corrected chi connectivity index (χ4v) is 4.66. The van der Waals surface area contributed by atoms with Gasteiger partial charge in [-0.15, -0.1) is 0 Å². The average molecular weight is 468 g/mol. The predicted molar refractivity (Wildman–Crippen MR) is 133 cm³/mol. The number of carbonyl (C=O) groups excluding carboxylic acids is 2. The Kier molecular flexibility index (Phi) is 9.12. The lowest BCUT2D eigenvalue weighted by atomic mass is 9.99. The van der Waals surface area contributed by atoms with Gasteiger partial charge in [0, 0.05) is 58.2 Å². The van der Waals surface area contributed by atoms with Crippen LogP contribution in [0, 0.1) is 0 Å². The van der Waals surface area contributed by atoms with Crippen molar-refractivity contribution >= 4 is 17.5 Å². The zero-order chi connectivity index (χ0) is 23.2. The second kappa shape index (κ2) is 12.0. The number of ketones is 1. The summed E-state index contributed by atoms with van der Waals surface area (Å²) in [4.78, 5) is 36.7. The molecule has 4 rings (SSSR count). The summed E-state index contributed by atoms with van der Waals surface area (Å²) in [6, 6.07) is 10.3. The van der Waals surface area contributed by atoms with Crippen LogP contribution in [0.25, 0.3) is 0 Å². The van der Waals surface area contributed by atoms with Crippen molar-refractivity contribution in [3.63, 3.8) is 0 Å². The Balaban J connectivity index is 0.00000324. The fraction of sp³-hybridized carbons (Fsp3) is 0.538. The molecule has 1 fully saturated rings. The van der Waals surface area contributed by atoms with E-state index in [1.54, 1.807) is 13.0 Å². The van der Waals surface area contributed by atoms with Crippen LogP contribution in [0.3, 0.4) is 0 Å². The predicted octanol–water partition coefficient (Wildman–Crippen LogP) is 2.92. The van der Waals surface area contributed by atoms with Gasteiger partial charge in [-0.3, -0.25) is 14.5 Å². The zero-order valence-electron chi connectivity index (χ0n) is 19.2. The zero-order valence-corrected chi connectivity index (χ0v) is 19.2. The molecule has 34 heavy (non-hydrogen) atoms. The highest BCUT2D eigenvalue weighted by Gasteiger charge is 2.22. The summed E-state index contributed by atoms with van der Waals surface area (Å²) < 4.78 is 0. The molecule has 3 heterocycles. The maximum atomic E-state index is 12.7. The lowest BCUT2D eigenvalue weighted by molar-refractivity contribution is -0.129. The summed E-state index contributed by atoms with van der Waals surface area (Å²) in [6.45, 7) is 5.38. The molecular formula is C26H37N5O3. The topological polar surface area (TPSA) is 98.7 Å². The van der Waals surface area contributed by atoms with Gasteiger partial charge in [0.2, 0.25) is 5.91 Å². The van der Waals surface area contributed by atoms with E-state index in [1.807, 2.05) is 4.90 Å². The first-order valence-electron chi connectivity index (χ1n) is 11.8. The summed E-state index contributed by atoms with van der Waals surface area (Å²) >= 11 is 0. The number of rotatable bonds is 8. The van der Waals surface area contributed by atoms with Gasteiger partial charge >= 0.3 is 0 Å². The number of carbonyl (C=O) groups is 2. The number of nitrogens with one attached hydrogen (secondary N) is 1. The first-order chi connectivity index (χ1) is 16.0. The number of β-amino-alcohol motifs (C(OH)–C–C–N with tert-alkyl or cyclic N) is 1. The highest BCUT2D eigenvalue weighted by Crippen LogP contribution is 2.20. The van der Waals surface area contributed by atoms with Crippen molar-refractivity contribution in [2.75, 3.05) is 31.5 Å². The minimum atomic E-state index is -0.551. The highest BCUT2D eigenvalue weighted by atomic mass is 16.3. The largest absolute Gasteiger partial charge is 0.392 e. The van der Waals surface area contributed by atoms with Crippen molar-refractivity contribution in [3.05, 3.63) is 53.5 Å². The molecule has 8 heteroatoms. The van der Waals surface area contributed by atoms with E-state index in [1.165, 1.54) is 17.5 Å². The standard InChI is InChI=1S/C25H33N5O3.CH4/c1-18(31)30-12-9-21(10-13-30)28-25-14-23(26-17-27-25)24(33)7-6-22(32)16-29-11-8-19-4-2-3-5-20(19)15-29;/h2-5,14,17,21-22,32H,6-13,15-16H2,1H3,(H,26,27,28);1H4/t22-;/m0./s1. The van der Waals surface area contributed by atoms with Crippen LogP contribution in [0.15, 0.2) is 36.7 Å². The highest BCUT2D eigenvalue weighted by molar-refractivity contribution is 5.94. The molecular weight excluding hydrogens is 430 g/mol. The monoisotopic (exact) mass is 467 g/mol. The maximum Gasteiger partial charge on any atom is 0.219 e. The molecule has 0 bridgehead atoms. The first kappa shape index (κ1) is 25.8. The Morgan fingerprint density at radius 2 is 1.88 bits per heavy atom. The lowest BCUT2D eigenvalue weighted by Crippen LogP contribution is -2.41. The second-order valence-corrected chi connectivity index (χ2v) is 9.08. The smallest absolute Gasteiger partial charge is 0.219 e. The Morgan fingerprint density at radius 1 is 1.15 bits per heavy atom. The van der Waals surface area contributed by atoms with Crippen molar-refractivity contribution in [2.24, 2.45) is 0 Å². The first-order valence-corrected chi connectivity index (χ1v) is 11.8. The number of anilines is 1. The van der Waals surface area contributed by atoms with Gasteiger partial charge in [0.05, 0.1) is 6.10 Å². The van der Waals surface area contributed by atoms with Crippen LogP contribution in [0.5, 0.6) is 0 Å². The molecule has 2 aromatic rings. The van der Waals surface area contributed by atoms with Crippen LogP contribution in [-0.4, -0.2) is 74.9 Å². The number of Topliss-reactive ketones (excluding diaryl/α,β-unsaturated/α-hetero) is 1. The van der Waals surface area contributed by atoms with Crippen LogP contribution in [0.1, 0.15) is 61.6 Å². The van der Waals surface area contributed by atoms with E-state index in [4.69, 9.17) is 0 Å². The number of amides is 1. The van der Waals surface area contributed by atoms with E-state index in [-0.39, 0.29) is 31.6 Å². The van der Waals surface area contributed by atoms with Gasteiger partial charge < -0.3 is 15.3 Å². The van der Waals surface area contributed by atoms with Crippen LogP contribution in [0.2, 0.25) is 0 Å². The van der Waals surface area contributed by atoms with E-state index < -0.39 is 6.10 Å². The second-order valence-electron chi connectivity index (χ2n) is 9.08. The molecule has 1 atom stereocenters. The van der Waals surface area contributed by atoms with Crippen molar-refractivity contribution < 1.29 is 14.7 Å². The van der Waals surface area contributed by atoms with E-state index in [0.29, 0.717) is 24.5 Å². The van der Waals surface area contributed by atoms with Crippen molar-refractivity contribution in [2.45, 2.75) is 65.1 Å². The van der Waals surface area contributed by atoms with E-state index >= 15 is 0 Å². The summed E-state index contributed by atoms with van der Waals surface area (Å²) in [5.74, 6) is 0.646. The Labute approximate surface area is 202 Å². The third kappa shape index (κ3) is 6.84. The number of hydrogen-bond donors (Lipinski definition) is 2. The Hall–Kier alpha value is -2.84. The van der Waals surface area contributed by atoms with Gasteiger partial charge in [0.25, 0.3) is 0 Å². The molecule has 184 valence electrons. The summed E-state index contributed by atoms with van der Waals surface area (Å²) in [5.41, 5.74) is 3.07. The third-order valence-electron chi connectivity index (χ3n) is 6.63. The average Bonchev–Trinajstić information content (AvgIpc) is 2.83. The van der Waals surface area contributed by atoms with Gasteiger partial charge in [-0.1, -0.05) is 31.7 Å². The van der Waals surface area contributed by atoms with E-state index in [2.05, 4.69) is 44.5 Å². The van der Waals surface area contributed by atoms with Crippen molar-refractivity contribution in [1.29, 1.82) is 0 Å². The number of nitrogens with zero attached hydrogens (tertiary/aromatic N) is 4. The van der Waals surface area contributed by atoms with Gasteiger partial charge in [-0.05, 0) is 36.8 Å². The molecule has 1 saturated heterocycles. The number of aliphatic hydroxyl groups excluding tert-OH is 1. The van der Waals surface area contributed by atoms with Crippen LogP contribution < -0.4 is 5.32 Å². The molecule has 0 aliphatic carbocycles. The number of benzene rings is 1. The minimum absolute atomic E-state index is 0. The molecule has 2 aliphatic heterocycles. The van der Waals surface area contributed by atoms with Crippen LogP contribution in [-0.2, 0) is 17.8 Å². The lowest BCUT2D eigenvalue weighted by Gasteiger charge is -2.31. The minimum Gasteiger partial charge on any atom is -0.392 e. The third-order valence-corrected chi connectivity index (χ3v) is 6.63. The summed E-state index contributed by atoms with van der Waals surface area (Å²) in [7, 11) is 0. The molecule has 1 aromatic heterocycles. The molecule has 1 aromatic carbocycles. The number of piperidine rings is 1. The summed E-state index contributed by atoms with van der Waals surface area (Å²) in [5, 5.41) is 13.9. The molecule has 0 spiro atoms. The van der Waals surface area contributed by atoms with Crippen molar-refractivity contribution in [1.82, 2.24) is 19.8 Å². The van der Waals surface area contributed by atoms with Crippen LogP contribution >= 0.6 is 0 Å². The quantitative estimate of drug-likeness (QED) is 0.576. The summed E-state index contributed by atoms with van der Waals surface area (Å²) in [6.07, 6.45) is 4.20. The number of aliphatic hydroxyl groups is 1. The van der Waals surface area contributed by atoms with E-state index in [0.717, 1.165) is 45.4 Å². The molecule has 8 nitrogen and oxygen atoms in total. The molecule has 0 radical (unpaired) electrons. The Bertz CT molecular complexity index is 974. The molecule has 2 aliphatic rings. The van der Waals surface area contributed by atoms with E-state index in [9.17, 15) is 14.7 Å². The van der Waals surface area contributed by atoms with Gasteiger partial charge in [0.1, 0.15) is 17.8 Å². The number of likely N-dealkylation sites (tertiary alicyclic amines) is 1. The molecule has 0 unspecified atom stereocenters. The fourth-order valence-electron chi connectivity index (χ4n) is 4.66. The maximum absolute atomic E-state index is 12.7. The Morgan fingerprint density at radius 3 is 2.62 bits per heavy atom. The normalized spacial score (nSPS) is 17.4. The number of aromatic nitrogens is 2. The van der Waals surface area contributed by atoms with Crippen LogP contribution in [0.4, 0.5) is 5.82 Å².